The zero-order chi connectivity index (χ0) is 15.0. The SMILES string of the molecule is CN(CC1CC(N)C1)C(=O)c1ccc2ccccc2c1O. The lowest BCUT2D eigenvalue weighted by molar-refractivity contribution is 0.0731. The van der Waals surface area contributed by atoms with Gasteiger partial charge in [0.1, 0.15) is 5.75 Å². The van der Waals surface area contributed by atoms with Gasteiger partial charge in [0, 0.05) is 25.0 Å². The van der Waals surface area contributed by atoms with Crippen LogP contribution in [0, 0.1) is 5.92 Å². The van der Waals surface area contributed by atoms with Gasteiger partial charge in [-0.1, -0.05) is 30.3 Å². The van der Waals surface area contributed by atoms with E-state index in [-0.39, 0.29) is 17.7 Å². The average Bonchev–Trinajstić information content (AvgIpc) is 2.45. The quantitative estimate of drug-likeness (QED) is 0.909. The van der Waals surface area contributed by atoms with Crippen molar-refractivity contribution in [2.75, 3.05) is 13.6 Å². The number of carbonyl (C=O) groups excluding carboxylic acids is 1. The van der Waals surface area contributed by atoms with Crippen molar-refractivity contribution in [1.29, 1.82) is 0 Å². The molecule has 1 fully saturated rings. The Morgan fingerprint density at radius 1 is 1.29 bits per heavy atom. The second kappa shape index (κ2) is 5.37. The smallest absolute Gasteiger partial charge is 0.257 e. The molecule has 4 nitrogen and oxygen atoms in total. The molecule has 0 aromatic heterocycles. The summed E-state index contributed by atoms with van der Waals surface area (Å²) in [6.45, 7) is 0.693. The van der Waals surface area contributed by atoms with E-state index in [1.165, 1.54) is 0 Å². The molecule has 0 bridgehead atoms. The van der Waals surface area contributed by atoms with Gasteiger partial charge in [-0.2, -0.15) is 0 Å². The van der Waals surface area contributed by atoms with Gasteiger partial charge in [-0.25, -0.2) is 0 Å². The molecule has 21 heavy (non-hydrogen) atoms. The van der Waals surface area contributed by atoms with Crippen molar-refractivity contribution in [3.8, 4) is 5.75 Å². The first kappa shape index (κ1) is 13.9. The Balaban J connectivity index is 1.82. The zero-order valence-corrected chi connectivity index (χ0v) is 12.1. The number of amides is 1. The monoisotopic (exact) mass is 284 g/mol. The maximum atomic E-state index is 12.5. The number of hydrogen-bond donors (Lipinski definition) is 2. The Morgan fingerprint density at radius 2 is 2.00 bits per heavy atom. The molecule has 2 aromatic rings. The van der Waals surface area contributed by atoms with Gasteiger partial charge >= 0.3 is 0 Å². The van der Waals surface area contributed by atoms with Gasteiger partial charge in [0.05, 0.1) is 5.56 Å². The molecule has 2 aromatic carbocycles. The third-order valence-electron chi connectivity index (χ3n) is 4.28. The molecular formula is C17H20N2O2. The number of hydrogen-bond acceptors (Lipinski definition) is 3. The van der Waals surface area contributed by atoms with Crippen LogP contribution in [0.1, 0.15) is 23.2 Å². The summed E-state index contributed by atoms with van der Waals surface area (Å²) in [5.74, 6) is 0.408. The normalized spacial score (nSPS) is 21.0. The van der Waals surface area contributed by atoms with E-state index in [9.17, 15) is 9.90 Å². The largest absolute Gasteiger partial charge is 0.506 e. The number of phenolic OH excluding ortho intramolecular Hbond substituents is 1. The highest BCUT2D eigenvalue weighted by Gasteiger charge is 2.28. The lowest BCUT2D eigenvalue weighted by Gasteiger charge is -2.35. The minimum atomic E-state index is -0.140. The van der Waals surface area contributed by atoms with Crippen LogP contribution in [0.25, 0.3) is 10.8 Å². The molecule has 1 aliphatic rings. The molecule has 1 aliphatic carbocycles. The molecule has 110 valence electrons. The molecular weight excluding hydrogens is 264 g/mol. The Hall–Kier alpha value is -2.07. The average molecular weight is 284 g/mol. The summed E-state index contributed by atoms with van der Waals surface area (Å²) >= 11 is 0. The number of phenols is 1. The predicted octanol–water partition coefficient (Wildman–Crippen LogP) is 2.35. The molecule has 0 spiro atoms. The van der Waals surface area contributed by atoms with Gasteiger partial charge in [0.15, 0.2) is 0 Å². The van der Waals surface area contributed by atoms with Crippen LogP contribution in [0.4, 0.5) is 0 Å². The van der Waals surface area contributed by atoms with E-state index in [4.69, 9.17) is 5.73 Å². The van der Waals surface area contributed by atoms with Crippen molar-refractivity contribution in [3.63, 3.8) is 0 Å². The van der Waals surface area contributed by atoms with Crippen LogP contribution in [-0.4, -0.2) is 35.5 Å². The fourth-order valence-electron chi connectivity index (χ4n) is 3.04. The highest BCUT2D eigenvalue weighted by Crippen LogP contribution is 2.30. The fourth-order valence-corrected chi connectivity index (χ4v) is 3.04. The Bertz CT molecular complexity index is 678. The fraction of sp³-hybridized carbons (Fsp3) is 0.353. The Morgan fingerprint density at radius 3 is 2.71 bits per heavy atom. The first-order valence-electron chi connectivity index (χ1n) is 7.28. The van der Waals surface area contributed by atoms with E-state index in [1.807, 2.05) is 30.3 Å². The molecule has 0 saturated heterocycles. The predicted molar refractivity (Wildman–Crippen MR) is 83.3 cm³/mol. The van der Waals surface area contributed by atoms with Crippen molar-refractivity contribution in [2.45, 2.75) is 18.9 Å². The van der Waals surface area contributed by atoms with Crippen LogP contribution < -0.4 is 5.73 Å². The van der Waals surface area contributed by atoms with Gasteiger partial charge in [-0.15, -0.1) is 0 Å². The van der Waals surface area contributed by atoms with Crippen LogP contribution in [0.15, 0.2) is 36.4 Å². The zero-order valence-electron chi connectivity index (χ0n) is 12.1. The molecule has 4 heteroatoms. The molecule has 0 atom stereocenters. The summed E-state index contributed by atoms with van der Waals surface area (Å²) in [6, 6.07) is 11.4. The molecule has 0 unspecified atom stereocenters. The summed E-state index contributed by atoms with van der Waals surface area (Å²) in [5.41, 5.74) is 6.14. The van der Waals surface area contributed by atoms with Crippen molar-refractivity contribution in [3.05, 3.63) is 42.0 Å². The van der Waals surface area contributed by atoms with Crippen LogP contribution >= 0.6 is 0 Å². The molecule has 0 heterocycles. The number of rotatable bonds is 3. The van der Waals surface area contributed by atoms with E-state index < -0.39 is 0 Å². The van der Waals surface area contributed by atoms with Crippen molar-refractivity contribution < 1.29 is 9.90 Å². The van der Waals surface area contributed by atoms with Crippen LogP contribution in [-0.2, 0) is 0 Å². The van der Waals surface area contributed by atoms with E-state index >= 15 is 0 Å². The third kappa shape index (κ3) is 2.59. The van der Waals surface area contributed by atoms with Gasteiger partial charge in [0.25, 0.3) is 5.91 Å². The lowest BCUT2D eigenvalue weighted by atomic mass is 9.80. The number of aromatic hydroxyl groups is 1. The van der Waals surface area contributed by atoms with Gasteiger partial charge in [-0.3, -0.25) is 4.79 Å². The first-order chi connectivity index (χ1) is 10.1. The minimum Gasteiger partial charge on any atom is -0.506 e. The van der Waals surface area contributed by atoms with Gasteiger partial charge in [0.2, 0.25) is 0 Å². The lowest BCUT2D eigenvalue weighted by Crippen LogP contribution is -2.43. The molecule has 3 rings (SSSR count). The summed E-state index contributed by atoms with van der Waals surface area (Å²) in [4.78, 5) is 14.2. The number of nitrogens with zero attached hydrogens (tertiary/aromatic N) is 1. The highest BCUT2D eigenvalue weighted by atomic mass is 16.3. The second-order valence-electron chi connectivity index (χ2n) is 5.97. The van der Waals surface area contributed by atoms with Gasteiger partial charge < -0.3 is 15.7 Å². The Labute approximate surface area is 124 Å². The number of fused-ring (bicyclic) bond motifs is 1. The van der Waals surface area contributed by atoms with Crippen LogP contribution in [0.5, 0.6) is 5.75 Å². The van der Waals surface area contributed by atoms with Crippen LogP contribution in [0.2, 0.25) is 0 Å². The summed E-state index contributed by atoms with van der Waals surface area (Å²) in [7, 11) is 1.78. The number of carbonyl (C=O) groups is 1. The molecule has 1 saturated carbocycles. The molecule has 3 N–H and O–H groups in total. The van der Waals surface area contributed by atoms with E-state index in [1.54, 1.807) is 18.0 Å². The first-order valence-corrected chi connectivity index (χ1v) is 7.28. The second-order valence-corrected chi connectivity index (χ2v) is 5.97. The molecule has 0 aliphatic heterocycles. The van der Waals surface area contributed by atoms with Crippen molar-refractivity contribution in [1.82, 2.24) is 4.90 Å². The minimum absolute atomic E-state index is 0.0651. The van der Waals surface area contributed by atoms with E-state index in [2.05, 4.69) is 0 Å². The maximum Gasteiger partial charge on any atom is 0.257 e. The standard InChI is InChI=1S/C17H20N2O2/c1-19(10-11-8-13(18)9-11)17(21)15-7-6-12-4-2-3-5-14(12)16(15)20/h2-7,11,13,20H,8-10,18H2,1H3. The Kier molecular flexibility index (Phi) is 3.55. The van der Waals surface area contributed by atoms with Crippen LogP contribution in [0.3, 0.4) is 0 Å². The van der Waals surface area contributed by atoms with Crippen molar-refractivity contribution >= 4 is 16.7 Å². The topological polar surface area (TPSA) is 66.6 Å². The number of nitrogens with two attached hydrogens (primary N) is 1. The van der Waals surface area contributed by atoms with Crippen molar-refractivity contribution in [2.24, 2.45) is 11.7 Å². The summed E-state index contributed by atoms with van der Waals surface area (Å²) in [6.07, 6.45) is 1.95. The van der Waals surface area contributed by atoms with E-state index in [0.717, 1.165) is 18.2 Å². The molecule has 0 radical (unpaired) electrons. The third-order valence-corrected chi connectivity index (χ3v) is 4.28. The highest BCUT2D eigenvalue weighted by molar-refractivity contribution is 6.03. The number of benzene rings is 2. The van der Waals surface area contributed by atoms with Gasteiger partial charge in [-0.05, 0) is 30.2 Å². The van der Waals surface area contributed by atoms with E-state index in [0.29, 0.717) is 23.4 Å². The maximum absolute atomic E-state index is 12.5. The summed E-state index contributed by atoms with van der Waals surface area (Å²) in [5, 5.41) is 12.0. The molecule has 1 amide bonds. The summed E-state index contributed by atoms with van der Waals surface area (Å²) < 4.78 is 0.